The van der Waals surface area contributed by atoms with Crippen molar-refractivity contribution in [2.24, 2.45) is 11.7 Å². The van der Waals surface area contributed by atoms with E-state index in [9.17, 15) is 0 Å². The summed E-state index contributed by atoms with van der Waals surface area (Å²) < 4.78 is 0. The molecule has 0 saturated carbocycles. The van der Waals surface area contributed by atoms with Crippen LogP contribution in [0.1, 0.15) is 31.4 Å². The Morgan fingerprint density at radius 1 is 1.39 bits per heavy atom. The Bertz CT molecular complexity index is 409. The minimum absolute atomic E-state index is 0.252. The molecule has 0 aromatic heterocycles. The topological polar surface area (TPSA) is 29.3 Å². The zero-order valence-electron chi connectivity index (χ0n) is 10.7. The molecule has 2 atom stereocenters. The maximum absolute atomic E-state index is 6.09. The molecule has 2 nitrogen and oxygen atoms in total. The van der Waals surface area contributed by atoms with Gasteiger partial charge in [0.2, 0.25) is 0 Å². The van der Waals surface area contributed by atoms with Gasteiger partial charge in [-0.15, -0.1) is 0 Å². The minimum atomic E-state index is 0.252. The molecule has 0 aliphatic carbocycles. The van der Waals surface area contributed by atoms with Crippen LogP contribution in [-0.4, -0.2) is 24.5 Å². The lowest BCUT2D eigenvalue weighted by Crippen LogP contribution is -2.40. The van der Waals surface area contributed by atoms with Crippen molar-refractivity contribution in [1.82, 2.24) is 4.90 Å². The van der Waals surface area contributed by atoms with E-state index >= 15 is 0 Å². The van der Waals surface area contributed by atoms with E-state index in [0.29, 0.717) is 16.6 Å². The van der Waals surface area contributed by atoms with Crippen molar-refractivity contribution >= 4 is 23.2 Å². The molecule has 18 heavy (non-hydrogen) atoms. The lowest BCUT2D eigenvalue weighted by Gasteiger charge is -2.37. The summed E-state index contributed by atoms with van der Waals surface area (Å²) in [6.07, 6.45) is 2.56. The van der Waals surface area contributed by atoms with E-state index in [0.717, 1.165) is 19.0 Å². The average Bonchev–Trinajstić information content (AvgIpc) is 2.35. The van der Waals surface area contributed by atoms with Gasteiger partial charge in [-0.1, -0.05) is 36.2 Å². The van der Waals surface area contributed by atoms with Gasteiger partial charge in [-0.25, -0.2) is 0 Å². The van der Waals surface area contributed by atoms with Crippen molar-refractivity contribution in [3.63, 3.8) is 0 Å². The molecule has 4 heteroatoms. The van der Waals surface area contributed by atoms with Gasteiger partial charge in [-0.3, -0.25) is 4.90 Å². The second-order valence-corrected chi connectivity index (χ2v) is 5.98. The first-order chi connectivity index (χ1) is 8.61. The van der Waals surface area contributed by atoms with E-state index in [1.807, 2.05) is 18.2 Å². The second-order valence-electron chi connectivity index (χ2n) is 5.17. The van der Waals surface area contributed by atoms with Crippen LogP contribution >= 0.6 is 23.2 Å². The van der Waals surface area contributed by atoms with Crippen molar-refractivity contribution < 1.29 is 0 Å². The molecule has 0 amide bonds. The average molecular weight is 287 g/mol. The summed E-state index contributed by atoms with van der Waals surface area (Å²) in [5, 5.41) is 1.21. The van der Waals surface area contributed by atoms with Gasteiger partial charge in [0, 0.05) is 19.1 Å². The Kier molecular flexibility index (Phi) is 4.91. The minimum Gasteiger partial charge on any atom is -0.329 e. The number of likely N-dealkylation sites (tertiary alicyclic amines) is 1. The summed E-state index contributed by atoms with van der Waals surface area (Å²) in [7, 11) is 0. The SMILES string of the molecule is C[C@H]1CCCN([C@@H](CN)c2ccc(Cl)c(Cl)c2)C1. The van der Waals surface area contributed by atoms with E-state index in [1.165, 1.54) is 18.4 Å². The van der Waals surface area contributed by atoms with Gasteiger partial charge in [-0.2, -0.15) is 0 Å². The van der Waals surface area contributed by atoms with Gasteiger partial charge in [0.15, 0.2) is 0 Å². The van der Waals surface area contributed by atoms with Crippen molar-refractivity contribution in [2.45, 2.75) is 25.8 Å². The third-order valence-corrected chi connectivity index (χ3v) is 4.42. The first-order valence-electron chi connectivity index (χ1n) is 6.51. The maximum Gasteiger partial charge on any atom is 0.0595 e. The first kappa shape index (κ1) is 14.1. The van der Waals surface area contributed by atoms with Crippen LogP contribution in [0.15, 0.2) is 18.2 Å². The third kappa shape index (κ3) is 3.18. The Hall–Kier alpha value is -0.280. The Morgan fingerprint density at radius 3 is 2.78 bits per heavy atom. The van der Waals surface area contributed by atoms with Gasteiger partial charge in [0.1, 0.15) is 0 Å². The number of halogens is 2. The highest BCUT2D eigenvalue weighted by Gasteiger charge is 2.24. The van der Waals surface area contributed by atoms with E-state index < -0.39 is 0 Å². The quantitative estimate of drug-likeness (QED) is 0.918. The summed E-state index contributed by atoms with van der Waals surface area (Å²) in [5.41, 5.74) is 7.12. The predicted octanol–water partition coefficient (Wildman–Crippen LogP) is 3.73. The van der Waals surface area contributed by atoms with E-state index in [1.54, 1.807) is 0 Å². The summed E-state index contributed by atoms with van der Waals surface area (Å²) >= 11 is 12.1. The fourth-order valence-corrected chi connectivity index (χ4v) is 3.03. The highest BCUT2D eigenvalue weighted by Crippen LogP contribution is 2.30. The summed E-state index contributed by atoms with van der Waals surface area (Å²) in [6, 6.07) is 6.09. The number of nitrogens with zero attached hydrogens (tertiary/aromatic N) is 1. The van der Waals surface area contributed by atoms with E-state index in [-0.39, 0.29) is 6.04 Å². The summed E-state index contributed by atoms with van der Waals surface area (Å²) in [5.74, 6) is 0.746. The molecule has 1 aliphatic heterocycles. The van der Waals surface area contributed by atoms with Gasteiger partial charge >= 0.3 is 0 Å². The van der Waals surface area contributed by atoms with Crippen molar-refractivity contribution in [3.8, 4) is 0 Å². The fourth-order valence-electron chi connectivity index (χ4n) is 2.72. The van der Waals surface area contributed by atoms with Crippen LogP contribution in [0.25, 0.3) is 0 Å². The smallest absolute Gasteiger partial charge is 0.0595 e. The Labute approximate surface area is 119 Å². The van der Waals surface area contributed by atoms with Crippen LogP contribution in [0, 0.1) is 5.92 Å². The van der Waals surface area contributed by atoms with Gasteiger partial charge < -0.3 is 5.73 Å². The van der Waals surface area contributed by atoms with E-state index in [2.05, 4.69) is 11.8 Å². The molecule has 2 rings (SSSR count). The second kappa shape index (κ2) is 6.25. The molecule has 0 unspecified atom stereocenters. The molecule has 100 valence electrons. The molecule has 0 radical (unpaired) electrons. The van der Waals surface area contributed by atoms with Crippen LogP contribution in [0.2, 0.25) is 10.0 Å². The number of benzene rings is 1. The molecule has 1 saturated heterocycles. The van der Waals surface area contributed by atoms with Crippen LogP contribution < -0.4 is 5.73 Å². The molecule has 1 fully saturated rings. The first-order valence-corrected chi connectivity index (χ1v) is 7.26. The molecule has 1 aromatic rings. The van der Waals surface area contributed by atoms with Gasteiger partial charge in [-0.05, 0) is 43.0 Å². The standard InChI is InChI=1S/C14H20Cl2N2/c1-10-3-2-6-18(9-10)14(8-17)11-4-5-12(15)13(16)7-11/h4-5,7,10,14H,2-3,6,8-9,17H2,1H3/t10-,14-/m0/s1. The number of nitrogens with two attached hydrogens (primary N) is 1. The molecule has 2 N–H and O–H groups in total. The zero-order chi connectivity index (χ0) is 13.1. The predicted molar refractivity (Wildman–Crippen MR) is 78.2 cm³/mol. The van der Waals surface area contributed by atoms with Gasteiger partial charge in [0.05, 0.1) is 10.0 Å². The summed E-state index contributed by atoms with van der Waals surface area (Å²) in [6.45, 7) is 5.15. The number of rotatable bonds is 3. The molecule has 1 aliphatic rings. The van der Waals surface area contributed by atoms with E-state index in [4.69, 9.17) is 28.9 Å². The third-order valence-electron chi connectivity index (χ3n) is 3.68. The highest BCUT2D eigenvalue weighted by atomic mass is 35.5. The molecule has 0 bridgehead atoms. The molecular formula is C14H20Cl2N2. The number of hydrogen-bond donors (Lipinski definition) is 1. The monoisotopic (exact) mass is 286 g/mol. The molecule has 1 aromatic carbocycles. The number of piperidine rings is 1. The van der Waals surface area contributed by atoms with Crippen LogP contribution in [0.4, 0.5) is 0 Å². The normalized spacial score (nSPS) is 23.0. The Balaban J connectivity index is 2.18. The van der Waals surface area contributed by atoms with Crippen molar-refractivity contribution in [3.05, 3.63) is 33.8 Å². The van der Waals surface area contributed by atoms with Crippen LogP contribution in [0.5, 0.6) is 0 Å². The highest BCUT2D eigenvalue weighted by molar-refractivity contribution is 6.42. The van der Waals surface area contributed by atoms with Gasteiger partial charge in [0.25, 0.3) is 0 Å². The largest absolute Gasteiger partial charge is 0.329 e. The Morgan fingerprint density at radius 2 is 2.17 bits per heavy atom. The van der Waals surface area contributed by atoms with Crippen molar-refractivity contribution in [1.29, 1.82) is 0 Å². The molecule has 0 spiro atoms. The molecular weight excluding hydrogens is 267 g/mol. The number of hydrogen-bond acceptors (Lipinski definition) is 2. The summed E-state index contributed by atoms with van der Waals surface area (Å²) in [4.78, 5) is 2.47. The molecule has 1 heterocycles. The van der Waals surface area contributed by atoms with Crippen LogP contribution in [0.3, 0.4) is 0 Å². The lowest BCUT2D eigenvalue weighted by molar-refractivity contribution is 0.133. The van der Waals surface area contributed by atoms with Crippen molar-refractivity contribution in [2.75, 3.05) is 19.6 Å². The fraction of sp³-hybridized carbons (Fsp3) is 0.571. The lowest BCUT2D eigenvalue weighted by atomic mass is 9.96. The zero-order valence-corrected chi connectivity index (χ0v) is 12.2. The maximum atomic E-state index is 6.09. The van der Waals surface area contributed by atoms with Crippen LogP contribution in [-0.2, 0) is 0 Å².